The molecule has 1 atom stereocenters. The fraction of sp³-hybridized carbons (Fsp3) is 0.174. The van der Waals surface area contributed by atoms with E-state index in [1.54, 1.807) is 11.0 Å². The van der Waals surface area contributed by atoms with Crippen molar-refractivity contribution in [1.29, 1.82) is 0 Å². The number of benzene rings is 3. The van der Waals surface area contributed by atoms with Crippen molar-refractivity contribution in [1.82, 2.24) is 4.90 Å². The number of rotatable bonds is 5. The minimum Gasteiger partial charge on any atom is -0.504 e. The Morgan fingerprint density at radius 2 is 1.75 bits per heavy atom. The van der Waals surface area contributed by atoms with E-state index in [0.29, 0.717) is 30.0 Å². The van der Waals surface area contributed by atoms with Gasteiger partial charge in [-0.2, -0.15) is 0 Å². The Balaban J connectivity index is 1.79. The van der Waals surface area contributed by atoms with Gasteiger partial charge >= 0.3 is 0 Å². The zero-order valence-corrected chi connectivity index (χ0v) is 15.6. The molecule has 0 saturated carbocycles. The summed E-state index contributed by atoms with van der Waals surface area (Å²) in [6, 6.07) is 22.6. The standard InChI is InChI=1S/C23H22N2O3/c1-2-28-20-14-8-12-18(21(20)26)22-24-19-13-7-6-11-17(19)23(27)25(22)15-16-9-4-3-5-10-16/h3-14,22,24,26H,2,15H2,1H3/t22-/m0/s1. The number of amides is 1. The fourth-order valence-corrected chi connectivity index (χ4v) is 3.51. The van der Waals surface area contributed by atoms with Crippen LogP contribution in [-0.4, -0.2) is 22.5 Å². The zero-order valence-electron chi connectivity index (χ0n) is 15.6. The van der Waals surface area contributed by atoms with Crippen LogP contribution in [0.25, 0.3) is 0 Å². The molecule has 1 aliphatic heterocycles. The molecular formula is C23H22N2O3. The number of aromatic hydroxyl groups is 1. The molecule has 2 N–H and O–H groups in total. The van der Waals surface area contributed by atoms with E-state index < -0.39 is 6.17 Å². The topological polar surface area (TPSA) is 61.8 Å². The van der Waals surface area contributed by atoms with Gasteiger partial charge in [-0.1, -0.05) is 54.6 Å². The lowest BCUT2D eigenvalue weighted by molar-refractivity contribution is 0.0664. The molecule has 1 aliphatic rings. The summed E-state index contributed by atoms with van der Waals surface area (Å²) < 4.78 is 5.54. The van der Waals surface area contributed by atoms with Crippen molar-refractivity contribution < 1.29 is 14.6 Å². The first-order valence-corrected chi connectivity index (χ1v) is 9.34. The van der Waals surface area contributed by atoms with E-state index in [1.807, 2.05) is 73.7 Å². The number of para-hydroxylation sites is 2. The van der Waals surface area contributed by atoms with Gasteiger partial charge in [-0.25, -0.2) is 0 Å². The average molecular weight is 374 g/mol. The largest absolute Gasteiger partial charge is 0.504 e. The number of hydrogen-bond acceptors (Lipinski definition) is 4. The average Bonchev–Trinajstić information content (AvgIpc) is 2.73. The lowest BCUT2D eigenvalue weighted by Gasteiger charge is -2.38. The second kappa shape index (κ2) is 7.64. The maximum atomic E-state index is 13.3. The van der Waals surface area contributed by atoms with Crippen LogP contribution in [0.15, 0.2) is 72.8 Å². The number of phenols is 1. The number of fused-ring (bicyclic) bond motifs is 1. The van der Waals surface area contributed by atoms with E-state index in [-0.39, 0.29) is 11.7 Å². The Hall–Kier alpha value is -3.47. The van der Waals surface area contributed by atoms with Gasteiger partial charge in [-0.05, 0) is 30.7 Å². The molecule has 0 radical (unpaired) electrons. The maximum absolute atomic E-state index is 13.3. The highest BCUT2D eigenvalue weighted by Crippen LogP contribution is 2.40. The molecule has 0 aliphatic carbocycles. The van der Waals surface area contributed by atoms with Gasteiger partial charge in [0.1, 0.15) is 6.17 Å². The summed E-state index contributed by atoms with van der Waals surface area (Å²) in [4.78, 5) is 15.0. The highest BCUT2D eigenvalue weighted by atomic mass is 16.5. The van der Waals surface area contributed by atoms with Crippen LogP contribution in [0.4, 0.5) is 5.69 Å². The van der Waals surface area contributed by atoms with Crippen molar-refractivity contribution >= 4 is 11.6 Å². The summed E-state index contributed by atoms with van der Waals surface area (Å²) in [7, 11) is 0. The number of ether oxygens (including phenoxy) is 1. The normalized spacial score (nSPS) is 15.7. The van der Waals surface area contributed by atoms with Crippen LogP contribution >= 0.6 is 0 Å². The van der Waals surface area contributed by atoms with Crippen molar-refractivity contribution in [2.45, 2.75) is 19.6 Å². The number of carbonyl (C=O) groups is 1. The van der Waals surface area contributed by atoms with E-state index in [4.69, 9.17) is 4.74 Å². The molecule has 0 fully saturated rings. The second-order valence-corrected chi connectivity index (χ2v) is 6.64. The molecule has 4 rings (SSSR count). The van der Waals surface area contributed by atoms with Gasteiger partial charge in [-0.15, -0.1) is 0 Å². The van der Waals surface area contributed by atoms with Crippen molar-refractivity contribution in [3.05, 3.63) is 89.5 Å². The summed E-state index contributed by atoms with van der Waals surface area (Å²) in [6.45, 7) is 2.74. The van der Waals surface area contributed by atoms with Crippen LogP contribution in [0.5, 0.6) is 11.5 Å². The molecule has 142 valence electrons. The maximum Gasteiger partial charge on any atom is 0.258 e. The molecule has 5 nitrogen and oxygen atoms in total. The van der Waals surface area contributed by atoms with Gasteiger partial charge in [0, 0.05) is 17.8 Å². The summed E-state index contributed by atoms with van der Waals surface area (Å²) in [5, 5.41) is 14.2. The molecule has 0 saturated heterocycles. The quantitative estimate of drug-likeness (QED) is 0.687. The zero-order chi connectivity index (χ0) is 19.5. The van der Waals surface area contributed by atoms with E-state index in [2.05, 4.69) is 5.32 Å². The van der Waals surface area contributed by atoms with Crippen LogP contribution in [0.3, 0.4) is 0 Å². The molecule has 1 heterocycles. The van der Waals surface area contributed by atoms with E-state index in [1.165, 1.54) is 0 Å². The monoisotopic (exact) mass is 374 g/mol. The van der Waals surface area contributed by atoms with Crippen molar-refractivity contribution in [2.75, 3.05) is 11.9 Å². The van der Waals surface area contributed by atoms with Gasteiger partial charge in [0.25, 0.3) is 5.91 Å². The van der Waals surface area contributed by atoms with Crippen LogP contribution in [0.2, 0.25) is 0 Å². The Bertz CT molecular complexity index is 988. The second-order valence-electron chi connectivity index (χ2n) is 6.64. The number of phenolic OH excluding ortho intramolecular Hbond substituents is 1. The van der Waals surface area contributed by atoms with E-state index in [9.17, 15) is 9.90 Å². The third kappa shape index (κ3) is 3.27. The van der Waals surface area contributed by atoms with Crippen molar-refractivity contribution in [3.63, 3.8) is 0 Å². The number of nitrogens with one attached hydrogen (secondary N) is 1. The first-order chi connectivity index (χ1) is 13.7. The molecule has 0 bridgehead atoms. The summed E-state index contributed by atoms with van der Waals surface area (Å²) in [6.07, 6.45) is -0.511. The Morgan fingerprint density at radius 3 is 2.54 bits per heavy atom. The molecular weight excluding hydrogens is 352 g/mol. The number of nitrogens with zero attached hydrogens (tertiary/aromatic N) is 1. The third-order valence-corrected chi connectivity index (χ3v) is 4.84. The van der Waals surface area contributed by atoms with Gasteiger partial charge in [0.15, 0.2) is 11.5 Å². The predicted octanol–water partition coefficient (Wildman–Crippen LogP) is 4.56. The van der Waals surface area contributed by atoms with Crippen LogP contribution in [0, 0.1) is 0 Å². The van der Waals surface area contributed by atoms with Crippen molar-refractivity contribution in [3.8, 4) is 11.5 Å². The summed E-state index contributed by atoms with van der Waals surface area (Å²) in [5.41, 5.74) is 2.99. The minimum absolute atomic E-state index is 0.0482. The first-order valence-electron chi connectivity index (χ1n) is 9.34. The number of anilines is 1. The lowest BCUT2D eigenvalue weighted by atomic mass is 10.0. The lowest BCUT2D eigenvalue weighted by Crippen LogP contribution is -2.42. The minimum atomic E-state index is -0.511. The molecule has 0 spiro atoms. The molecule has 0 aromatic heterocycles. The molecule has 3 aromatic carbocycles. The highest BCUT2D eigenvalue weighted by Gasteiger charge is 2.34. The molecule has 5 heteroatoms. The Kier molecular flexibility index (Phi) is 4.89. The summed E-state index contributed by atoms with van der Waals surface area (Å²) >= 11 is 0. The summed E-state index contributed by atoms with van der Waals surface area (Å²) in [5.74, 6) is 0.379. The van der Waals surface area contributed by atoms with Gasteiger partial charge in [0.05, 0.1) is 12.2 Å². The first kappa shape index (κ1) is 17.9. The van der Waals surface area contributed by atoms with Crippen LogP contribution < -0.4 is 10.1 Å². The Morgan fingerprint density at radius 1 is 1.00 bits per heavy atom. The molecule has 3 aromatic rings. The predicted molar refractivity (Wildman–Crippen MR) is 108 cm³/mol. The SMILES string of the molecule is CCOc1cccc([C@H]2Nc3ccccc3C(=O)N2Cc2ccccc2)c1O. The van der Waals surface area contributed by atoms with Gasteiger partial charge in [0.2, 0.25) is 0 Å². The van der Waals surface area contributed by atoms with Crippen molar-refractivity contribution in [2.24, 2.45) is 0 Å². The molecule has 0 unspecified atom stereocenters. The van der Waals surface area contributed by atoms with Gasteiger partial charge < -0.3 is 20.1 Å². The fourth-order valence-electron chi connectivity index (χ4n) is 3.51. The molecule has 28 heavy (non-hydrogen) atoms. The van der Waals surface area contributed by atoms with E-state index >= 15 is 0 Å². The molecule has 1 amide bonds. The smallest absolute Gasteiger partial charge is 0.258 e. The van der Waals surface area contributed by atoms with Crippen LogP contribution in [-0.2, 0) is 6.54 Å². The van der Waals surface area contributed by atoms with E-state index in [0.717, 1.165) is 11.3 Å². The highest BCUT2D eigenvalue weighted by molar-refractivity contribution is 6.01. The Labute approximate surface area is 164 Å². The number of carbonyl (C=O) groups excluding carboxylic acids is 1. The van der Waals surface area contributed by atoms with Crippen LogP contribution in [0.1, 0.15) is 34.6 Å². The number of hydrogen-bond donors (Lipinski definition) is 2. The van der Waals surface area contributed by atoms with Gasteiger partial charge in [-0.3, -0.25) is 4.79 Å². The third-order valence-electron chi connectivity index (χ3n) is 4.84.